The Balaban J connectivity index is 2.54. The summed E-state index contributed by atoms with van der Waals surface area (Å²) in [6.45, 7) is 0. The molecule has 0 aliphatic carbocycles. The van der Waals surface area contributed by atoms with Crippen molar-refractivity contribution in [3.05, 3.63) is 55.5 Å². The van der Waals surface area contributed by atoms with Crippen molar-refractivity contribution in [2.24, 2.45) is 0 Å². The molecule has 0 unspecified atom stereocenters. The average Bonchev–Trinajstić information content (AvgIpc) is 2.47. The first-order valence-electron chi connectivity index (χ1n) is 5.74. The highest BCUT2D eigenvalue weighted by atomic mass is 35.5. The van der Waals surface area contributed by atoms with Gasteiger partial charge in [0.15, 0.2) is 0 Å². The standard InChI is InChI=1S/C13H7Cl3N2O3S/c14-7-1-4-11(10(5-7)18(20)21)22-13-9(16)3-2-8(15)12(13)17-6-19/h1-6H,(H,17,19). The molecule has 0 atom stereocenters. The number of rotatable bonds is 5. The van der Waals surface area contributed by atoms with Crippen molar-refractivity contribution in [3.8, 4) is 0 Å². The van der Waals surface area contributed by atoms with Gasteiger partial charge in [-0.25, -0.2) is 0 Å². The van der Waals surface area contributed by atoms with Crippen LogP contribution in [0.15, 0.2) is 40.1 Å². The Kier molecular flexibility index (Phi) is 5.52. The van der Waals surface area contributed by atoms with Gasteiger partial charge in [0.1, 0.15) is 0 Å². The highest BCUT2D eigenvalue weighted by Crippen LogP contribution is 2.45. The molecule has 0 radical (unpaired) electrons. The fourth-order valence-corrected chi connectivity index (χ4v) is 3.39. The molecule has 1 N–H and O–H groups in total. The number of benzene rings is 2. The van der Waals surface area contributed by atoms with Gasteiger partial charge in [0.25, 0.3) is 5.69 Å². The molecule has 22 heavy (non-hydrogen) atoms. The van der Waals surface area contributed by atoms with Gasteiger partial charge in [-0.15, -0.1) is 0 Å². The van der Waals surface area contributed by atoms with E-state index in [1.807, 2.05) is 0 Å². The lowest BCUT2D eigenvalue weighted by Crippen LogP contribution is -1.98. The number of carbonyl (C=O) groups excluding carboxylic acids is 1. The van der Waals surface area contributed by atoms with Gasteiger partial charge in [-0.1, -0.05) is 46.6 Å². The summed E-state index contributed by atoms with van der Waals surface area (Å²) in [5.74, 6) is 0. The largest absolute Gasteiger partial charge is 0.326 e. The van der Waals surface area contributed by atoms with Crippen LogP contribution in [0, 0.1) is 10.1 Å². The second-order valence-electron chi connectivity index (χ2n) is 3.97. The highest BCUT2D eigenvalue weighted by molar-refractivity contribution is 7.99. The first kappa shape index (κ1) is 16.9. The van der Waals surface area contributed by atoms with Crippen LogP contribution in [-0.4, -0.2) is 11.3 Å². The molecule has 0 spiro atoms. The maximum atomic E-state index is 11.1. The lowest BCUT2D eigenvalue weighted by molar-refractivity contribution is -0.387. The minimum atomic E-state index is -0.542. The Bertz CT molecular complexity index is 756. The van der Waals surface area contributed by atoms with E-state index in [2.05, 4.69) is 5.32 Å². The quantitative estimate of drug-likeness (QED) is 0.437. The van der Waals surface area contributed by atoms with Crippen LogP contribution in [0.25, 0.3) is 0 Å². The van der Waals surface area contributed by atoms with Gasteiger partial charge in [-0.05, 0) is 24.3 Å². The summed E-state index contributed by atoms with van der Waals surface area (Å²) in [6, 6.07) is 7.35. The fraction of sp³-hybridized carbons (Fsp3) is 0. The van der Waals surface area contributed by atoms with E-state index in [1.54, 1.807) is 6.07 Å². The number of amides is 1. The second kappa shape index (κ2) is 7.19. The predicted octanol–water partition coefficient (Wildman–Crippen LogP) is 5.27. The van der Waals surface area contributed by atoms with Crippen molar-refractivity contribution >= 4 is 64.3 Å². The van der Waals surface area contributed by atoms with Crippen LogP contribution in [0.4, 0.5) is 11.4 Å². The van der Waals surface area contributed by atoms with Gasteiger partial charge in [0.2, 0.25) is 6.41 Å². The lowest BCUT2D eigenvalue weighted by Gasteiger charge is -2.12. The maximum absolute atomic E-state index is 11.1. The molecule has 0 aliphatic heterocycles. The maximum Gasteiger partial charge on any atom is 0.284 e. The zero-order chi connectivity index (χ0) is 16.3. The molecule has 5 nitrogen and oxygen atoms in total. The number of nitrogens with one attached hydrogen (secondary N) is 1. The van der Waals surface area contributed by atoms with Gasteiger partial charge >= 0.3 is 0 Å². The zero-order valence-corrected chi connectivity index (χ0v) is 13.8. The van der Waals surface area contributed by atoms with Crippen LogP contribution >= 0.6 is 46.6 Å². The van der Waals surface area contributed by atoms with Crippen molar-refractivity contribution in [2.45, 2.75) is 9.79 Å². The number of halogens is 3. The van der Waals surface area contributed by atoms with Crippen molar-refractivity contribution in [2.75, 3.05) is 5.32 Å². The Labute approximate surface area is 144 Å². The Hall–Kier alpha value is -1.47. The number of nitro benzene ring substituents is 1. The number of carbonyl (C=O) groups is 1. The zero-order valence-electron chi connectivity index (χ0n) is 10.7. The second-order valence-corrected chi connectivity index (χ2v) is 6.27. The van der Waals surface area contributed by atoms with E-state index in [1.165, 1.54) is 24.3 Å². The van der Waals surface area contributed by atoms with E-state index in [0.29, 0.717) is 26.9 Å². The van der Waals surface area contributed by atoms with Crippen molar-refractivity contribution in [3.63, 3.8) is 0 Å². The van der Waals surface area contributed by atoms with Crippen LogP contribution in [-0.2, 0) is 4.79 Å². The molecule has 1 amide bonds. The summed E-state index contributed by atoms with van der Waals surface area (Å²) in [7, 11) is 0. The Morgan fingerprint density at radius 1 is 1.14 bits per heavy atom. The fourth-order valence-electron chi connectivity index (χ4n) is 1.66. The van der Waals surface area contributed by atoms with Crippen molar-refractivity contribution in [1.29, 1.82) is 0 Å². The molecule has 0 heterocycles. The molecule has 0 saturated carbocycles. The first-order valence-corrected chi connectivity index (χ1v) is 7.69. The number of nitrogens with zero attached hydrogens (tertiary/aromatic N) is 1. The van der Waals surface area contributed by atoms with E-state index in [0.717, 1.165) is 11.8 Å². The topological polar surface area (TPSA) is 72.2 Å². The van der Waals surface area contributed by atoms with Crippen LogP contribution < -0.4 is 5.32 Å². The van der Waals surface area contributed by atoms with E-state index < -0.39 is 4.92 Å². The smallest absolute Gasteiger partial charge is 0.284 e. The molecule has 0 saturated heterocycles. The third kappa shape index (κ3) is 3.64. The average molecular weight is 378 g/mol. The number of hydrogen-bond donors (Lipinski definition) is 1. The summed E-state index contributed by atoms with van der Waals surface area (Å²) in [5, 5.41) is 14.4. The minimum Gasteiger partial charge on any atom is -0.326 e. The van der Waals surface area contributed by atoms with Crippen LogP contribution in [0.1, 0.15) is 0 Å². The van der Waals surface area contributed by atoms with E-state index in [4.69, 9.17) is 34.8 Å². The molecule has 2 aromatic rings. The molecule has 0 bridgehead atoms. The number of hydrogen-bond acceptors (Lipinski definition) is 4. The SMILES string of the molecule is O=CNc1c(Cl)ccc(Cl)c1Sc1ccc(Cl)cc1[N+](=O)[O-]. The monoisotopic (exact) mass is 376 g/mol. The normalized spacial score (nSPS) is 10.3. The predicted molar refractivity (Wildman–Crippen MR) is 88.4 cm³/mol. The molecule has 0 aliphatic rings. The molecule has 2 aromatic carbocycles. The molecule has 0 aromatic heterocycles. The van der Waals surface area contributed by atoms with Crippen molar-refractivity contribution in [1.82, 2.24) is 0 Å². The molecular weight excluding hydrogens is 371 g/mol. The van der Waals surface area contributed by atoms with Crippen LogP contribution in [0.2, 0.25) is 15.1 Å². The minimum absolute atomic E-state index is 0.161. The molecule has 0 fully saturated rings. The van der Waals surface area contributed by atoms with Gasteiger partial charge in [-0.2, -0.15) is 0 Å². The molecular formula is C13H7Cl3N2O3S. The summed E-state index contributed by atoms with van der Waals surface area (Å²) in [5.41, 5.74) is 0.129. The molecule has 9 heteroatoms. The summed E-state index contributed by atoms with van der Waals surface area (Å²) in [4.78, 5) is 22.0. The van der Waals surface area contributed by atoms with Gasteiger partial charge < -0.3 is 5.32 Å². The number of nitro groups is 1. The molecule has 2 rings (SSSR count). The van der Waals surface area contributed by atoms with E-state index in [-0.39, 0.29) is 15.7 Å². The Morgan fingerprint density at radius 2 is 1.82 bits per heavy atom. The summed E-state index contributed by atoms with van der Waals surface area (Å²) < 4.78 is 0. The van der Waals surface area contributed by atoms with Gasteiger partial charge in [-0.3, -0.25) is 14.9 Å². The summed E-state index contributed by atoms with van der Waals surface area (Å²) in [6.07, 6.45) is 0.456. The third-order valence-corrected chi connectivity index (χ3v) is 4.76. The first-order chi connectivity index (χ1) is 10.4. The van der Waals surface area contributed by atoms with Crippen LogP contribution in [0.3, 0.4) is 0 Å². The third-order valence-electron chi connectivity index (χ3n) is 2.59. The summed E-state index contributed by atoms with van der Waals surface area (Å²) >= 11 is 18.9. The highest BCUT2D eigenvalue weighted by Gasteiger charge is 2.19. The Morgan fingerprint density at radius 3 is 2.45 bits per heavy atom. The lowest BCUT2D eigenvalue weighted by atomic mass is 10.3. The van der Waals surface area contributed by atoms with Crippen molar-refractivity contribution < 1.29 is 9.72 Å². The van der Waals surface area contributed by atoms with Gasteiger partial charge in [0.05, 0.1) is 30.4 Å². The van der Waals surface area contributed by atoms with E-state index in [9.17, 15) is 14.9 Å². The molecule has 114 valence electrons. The van der Waals surface area contributed by atoms with E-state index >= 15 is 0 Å². The number of anilines is 1. The van der Waals surface area contributed by atoms with Gasteiger partial charge in [0, 0.05) is 11.1 Å². The van der Waals surface area contributed by atoms with Crippen LogP contribution in [0.5, 0.6) is 0 Å².